The molecule has 2 atom stereocenters. The van der Waals surface area contributed by atoms with Crippen LogP contribution < -0.4 is 4.74 Å². The van der Waals surface area contributed by atoms with E-state index in [1.165, 1.54) is 0 Å². The number of hydrogen-bond donors (Lipinski definition) is 1. The van der Waals surface area contributed by atoms with Crippen molar-refractivity contribution < 1.29 is 14.6 Å². The summed E-state index contributed by atoms with van der Waals surface area (Å²) in [7, 11) is 5.54. The topological polar surface area (TPSA) is 49.8 Å². The first-order chi connectivity index (χ1) is 8.45. The van der Waals surface area contributed by atoms with Crippen LogP contribution in [0.15, 0.2) is 24.3 Å². The molecule has 0 saturated heterocycles. The molecule has 0 heterocycles. The molecular formula is C14H21NO3. The van der Waals surface area contributed by atoms with Gasteiger partial charge < -0.3 is 14.7 Å². The molecule has 1 aromatic carbocycles. The van der Waals surface area contributed by atoms with Gasteiger partial charge in [0.25, 0.3) is 0 Å². The molecule has 0 fully saturated rings. The number of methoxy groups -OCH3 is 1. The Morgan fingerprint density at radius 2 is 2.11 bits per heavy atom. The lowest BCUT2D eigenvalue weighted by atomic mass is 9.95. The summed E-state index contributed by atoms with van der Waals surface area (Å²) >= 11 is 0. The Labute approximate surface area is 108 Å². The fraction of sp³-hybridized carbons (Fsp3) is 0.500. The first-order valence-corrected chi connectivity index (χ1v) is 5.99. The van der Waals surface area contributed by atoms with Crippen molar-refractivity contribution in [3.63, 3.8) is 0 Å². The van der Waals surface area contributed by atoms with E-state index in [1.54, 1.807) is 14.0 Å². The van der Waals surface area contributed by atoms with Crippen molar-refractivity contribution in [3.8, 4) is 5.75 Å². The fourth-order valence-corrected chi connectivity index (χ4v) is 1.93. The number of ether oxygens (including phenoxy) is 1. The van der Waals surface area contributed by atoms with Crippen molar-refractivity contribution in [1.82, 2.24) is 4.90 Å². The van der Waals surface area contributed by atoms with Gasteiger partial charge in [0.2, 0.25) is 0 Å². The van der Waals surface area contributed by atoms with Gasteiger partial charge in [0, 0.05) is 6.04 Å². The second-order valence-corrected chi connectivity index (χ2v) is 4.73. The van der Waals surface area contributed by atoms with E-state index in [-0.39, 0.29) is 12.0 Å². The van der Waals surface area contributed by atoms with Gasteiger partial charge in [-0.2, -0.15) is 0 Å². The average molecular weight is 251 g/mol. The van der Waals surface area contributed by atoms with Crippen molar-refractivity contribution in [1.29, 1.82) is 0 Å². The van der Waals surface area contributed by atoms with Crippen molar-refractivity contribution in [2.24, 2.45) is 5.92 Å². The summed E-state index contributed by atoms with van der Waals surface area (Å²) in [4.78, 5) is 13.0. The summed E-state index contributed by atoms with van der Waals surface area (Å²) in [6.45, 7) is 1.74. The highest BCUT2D eigenvalue weighted by Crippen LogP contribution is 2.28. The third-order valence-corrected chi connectivity index (χ3v) is 3.10. The molecule has 18 heavy (non-hydrogen) atoms. The zero-order chi connectivity index (χ0) is 13.7. The van der Waals surface area contributed by atoms with E-state index in [0.29, 0.717) is 6.42 Å². The fourth-order valence-electron chi connectivity index (χ4n) is 1.93. The first kappa shape index (κ1) is 14.5. The lowest BCUT2D eigenvalue weighted by molar-refractivity contribution is -0.141. The maximum Gasteiger partial charge on any atom is 0.306 e. The summed E-state index contributed by atoms with van der Waals surface area (Å²) in [6.07, 6.45) is 0.579. The second-order valence-electron chi connectivity index (χ2n) is 4.73. The lowest BCUT2D eigenvalue weighted by Crippen LogP contribution is -2.24. The van der Waals surface area contributed by atoms with Gasteiger partial charge in [-0.25, -0.2) is 0 Å². The number of hydrogen-bond acceptors (Lipinski definition) is 3. The van der Waals surface area contributed by atoms with Crippen LogP contribution in [0, 0.1) is 5.92 Å². The SMILES string of the molecule is COc1cccc(C(CC(C)C(=O)O)N(C)C)c1. The third kappa shape index (κ3) is 3.74. The van der Waals surface area contributed by atoms with Crippen LogP contribution in [0.3, 0.4) is 0 Å². The predicted molar refractivity (Wildman–Crippen MR) is 70.8 cm³/mol. The van der Waals surface area contributed by atoms with E-state index in [4.69, 9.17) is 9.84 Å². The molecule has 0 amide bonds. The van der Waals surface area contributed by atoms with Crippen LogP contribution in [-0.4, -0.2) is 37.2 Å². The van der Waals surface area contributed by atoms with Crippen LogP contribution in [0.5, 0.6) is 5.75 Å². The van der Waals surface area contributed by atoms with Crippen molar-refractivity contribution in [2.75, 3.05) is 21.2 Å². The number of nitrogens with zero attached hydrogens (tertiary/aromatic N) is 1. The lowest BCUT2D eigenvalue weighted by Gasteiger charge is -2.26. The van der Waals surface area contributed by atoms with E-state index < -0.39 is 5.97 Å². The molecule has 0 saturated carbocycles. The molecule has 0 spiro atoms. The van der Waals surface area contributed by atoms with Crippen LogP contribution in [-0.2, 0) is 4.79 Å². The molecule has 4 nitrogen and oxygen atoms in total. The molecule has 0 aliphatic heterocycles. The quantitative estimate of drug-likeness (QED) is 0.843. The largest absolute Gasteiger partial charge is 0.497 e. The average Bonchev–Trinajstić information content (AvgIpc) is 2.35. The first-order valence-electron chi connectivity index (χ1n) is 5.99. The Morgan fingerprint density at radius 3 is 2.61 bits per heavy atom. The molecule has 1 aromatic rings. The van der Waals surface area contributed by atoms with Crippen molar-refractivity contribution in [2.45, 2.75) is 19.4 Å². The zero-order valence-corrected chi connectivity index (χ0v) is 11.4. The van der Waals surface area contributed by atoms with E-state index >= 15 is 0 Å². The summed E-state index contributed by atoms with van der Waals surface area (Å²) in [5.74, 6) is -0.337. The number of aliphatic carboxylic acids is 1. The molecule has 0 aliphatic carbocycles. The van der Waals surface area contributed by atoms with E-state index in [2.05, 4.69) is 0 Å². The van der Waals surface area contributed by atoms with Crippen LogP contribution >= 0.6 is 0 Å². The molecule has 1 rings (SSSR count). The van der Waals surface area contributed by atoms with Gasteiger partial charge >= 0.3 is 5.97 Å². The molecule has 0 aromatic heterocycles. The molecule has 0 bridgehead atoms. The molecule has 2 unspecified atom stereocenters. The van der Waals surface area contributed by atoms with Gasteiger partial charge in [-0.3, -0.25) is 4.79 Å². The Morgan fingerprint density at radius 1 is 1.44 bits per heavy atom. The smallest absolute Gasteiger partial charge is 0.306 e. The van der Waals surface area contributed by atoms with Gasteiger partial charge in [0.15, 0.2) is 0 Å². The summed E-state index contributed by atoms with van der Waals surface area (Å²) in [6, 6.07) is 7.85. The molecule has 4 heteroatoms. The van der Waals surface area contributed by atoms with Crippen LogP contribution in [0.4, 0.5) is 0 Å². The normalized spacial score (nSPS) is 14.3. The summed E-state index contributed by atoms with van der Waals surface area (Å²) in [5, 5.41) is 9.02. The molecule has 1 N–H and O–H groups in total. The minimum Gasteiger partial charge on any atom is -0.497 e. The second kappa shape index (κ2) is 6.40. The Balaban J connectivity index is 2.93. The predicted octanol–water partition coefficient (Wildman–Crippen LogP) is 2.41. The van der Waals surface area contributed by atoms with Crippen LogP contribution in [0.25, 0.3) is 0 Å². The minimum absolute atomic E-state index is 0.0752. The van der Waals surface area contributed by atoms with Gasteiger partial charge in [0.05, 0.1) is 13.0 Å². The zero-order valence-electron chi connectivity index (χ0n) is 11.4. The van der Waals surface area contributed by atoms with Crippen molar-refractivity contribution >= 4 is 5.97 Å². The highest BCUT2D eigenvalue weighted by atomic mass is 16.5. The van der Waals surface area contributed by atoms with Crippen molar-refractivity contribution in [3.05, 3.63) is 29.8 Å². The third-order valence-electron chi connectivity index (χ3n) is 3.10. The van der Waals surface area contributed by atoms with E-state index in [1.807, 2.05) is 43.3 Å². The molecule has 0 radical (unpaired) electrons. The van der Waals surface area contributed by atoms with E-state index in [0.717, 1.165) is 11.3 Å². The Bertz CT molecular complexity index is 404. The number of carboxylic acids is 1. The van der Waals surface area contributed by atoms with Gasteiger partial charge in [-0.1, -0.05) is 19.1 Å². The minimum atomic E-state index is -0.759. The van der Waals surface area contributed by atoms with Gasteiger partial charge in [0.1, 0.15) is 5.75 Å². The highest BCUT2D eigenvalue weighted by molar-refractivity contribution is 5.69. The molecule has 0 aliphatic rings. The maximum atomic E-state index is 11.0. The standard InChI is InChI=1S/C14H21NO3/c1-10(14(16)17)8-13(15(2)3)11-6-5-7-12(9-11)18-4/h5-7,9-10,13H,8H2,1-4H3,(H,16,17). The van der Waals surface area contributed by atoms with Crippen LogP contribution in [0.2, 0.25) is 0 Å². The number of carbonyl (C=O) groups is 1. The molecule has 100 valence electrons. The summed E-state index contributed by atoms with van der Waals surface area (Å²) in [5.41, 5.74) is 1.08. The maximum absolute atomic E-state index is 11.0. The van der Waals surface area contributed by atoms with Crippen LogP contribution in [0.1, 0.15) is 24.9 Å². The number of benzene rings is 1. The summed E-state index contributed by atoms with van der Waals surface area (Å²) < 4.78 is 5.20. The number of rotatable bonds is 6. The van der Waals surface area contributed by atoms with E-state index in [9.17, 15) is 4.79 Å². The number of carboxylic acid groups (broad SMARTS) is 1. The van der Waals surface area contributed by atoms with Gasteiger partial charge in [-0.05, 0) is 38.2 Å². The Kier molecular flexibility index (Phi) is 5.16. The molecular weight excluding hydrogens is 230 g/mol. The van der Waals surface area contributed by atoms with Gasteiger partial charge in [-0.15, -0.1) is 0 Å². The Hall–Kier alpha value is -1.55. The monoisotopic (exact) mass is 251 g/mol. The highest BCUT2D eigenvalue weighted by Gasteiger charge is 2.21.